The number of rotatable bonds is 10. The van der Waals surface area contributed by atoms with E-state index in [9.17, 15) is 14.7 Å². The van der Waals surface area contributed by atoms with Gasteiger partial charge in [-0.1, -0.05) is 48.0 Å². The highest BCUT2D eigenvalue weighted by Crippen LogP contribution is 2.40. The minimum Gasteiger partial charge on any atom is -0.507 e. The van der Waals surface area contributed by atoms with E-state index < -0.39 is 17.7 Å². The molecule has 1 aliphatic heterocycles. The van der Waals surface area contributed by atoms with Gasteiger partial charge in [0.25, 0.3) is 11.7 Å². The Kier molecular flexibility index (Phi) is 8.71. The molecule has 0 radical (unpaired) electrons. The summed E-state index contributed by atoms with van der Waals surface area (Å²) in [4.78, 5) is 27.6. The van der Waals surface area contributed by atoms with Crippen molar-refractivity contribution < 1.29 is 28.9 Å². The quantitative estimate of drug-likeness (QED) is 0.204. The smallest absolute Gasteiger partial charge is 0.295 e. The summed E-state index contributed by atoms with van der Waals surface area (Å²) in [6.45, 7) is 5.05. The van der Waals surface area contributed by atoms with Gasteiger partial charge in [-0.25, -0.2) is 0 Å². The molecule has 1 unspecified atom stereocenters. The maximum absolute atomic E-state index is 13.2. The van der Waals surface area contributed by atoms with Crippen LogP contribution < -0.4 is 9.47 Å². The van der Waals surface area contributed by atoms with Crippen LogP contribution in [0.5, 0.6) is 11.5 Å². The third-order valence-electron chi connectivity index (χ3n) is 6.43. The highest BCUT2D eigenvalue weighted by molar-refractivity contribution is 6.46. The number of amides is 1. The Labute approximate surface area is 227 Å². The van der Waals surface area contributed by atoms with E-state index in [0.29, 0.717) is 40.9 Å². The zero-order valence-electron chi connectivity index (χ0n) is 21.6. The zero-order chi connectivity index (χ0) is 27.2. The van der Waals surface area contributed by atoms with Gasteiger partial charge in [-0.3, -0.25) is 9.59 Å². The zero-order valence-corrected chi connectivity index (χ0v) is 22.3. The molecule has 0 spiro atoms. The molecule has 4 rings (SSSR count). The summed E-state index contributed by atoms with van der Waals surface area (Å²) in [7, 11) is 1.52. The molecule has 1 aliphatic rings. The molecule has 1 amide bonds. The van der Waals surface area contributed by atoms with E-state index in [2.05, 4.69) is 0 Å². The lowest BCUT2D eigenvalue weighted by molar-refractivity contribution is -0.140. The van der Waals surface area contributed by atoms with Crippen molar-refractivity contribution in [2.45, 2.75) is 26.5 Å². The standard InChI is InChI=1S/C30H30ClNO6/c1-4-37-25-17-21(11-14-24(25)31)28(33)26-27(32(15-16-36-3)30(35)29(26)34)20-9-12-23(13-10-20)38-18-22-8-6-5-7-19(22)2/h5-14,17,27,33H,4,15-16,18H2,1-3H3/b28-26-. The number of benzene rings is 3. The summed E-state index contributed by atoms with van der Waals surface area (Å²) < 4.78 is 16.7. The highest BCUT2D eigenvalue weighted by Gasteiger charge is 2.45. The van der Waals surface area contributed by atoms with Gasteiger partial charge in [0.05, 0.1) is 29.9 Å². The van der Waals surface area contributed by atoms with E-state index in [1.807, 2.05) is 38.1 Å². The summed E-state index contributed by atoms with van der Waals surface area (Å²) in [6.07, 6.45) is 0. The number of hydrogen-bond acceptors (Lipinski definition) is 6. The molecule has 1 heterocycles. The summed E-state index contributed by atoms with van der Waals surface area (Å²) in [5, 5.41) is 11.7. The molecule has 1 saturated heterocycles. The highest BCUT2D eigenvalue weighted by atomic mass is 35.5. The number of likely N-dealkylation sites (tertiary alicyclic amines) is 1. The van der Waals surface area contributed by atoms with Crippen molar-refractivity contribution in [2.24, 2.45) is 0 Å². The normalized spacial score (nSPS) is 16.6. The Balaban J connectivity index is 1.69. The molecule has 3 aromatic rings. The predicted octanol–water partition coefficient (Wildman–Crippen LogP) is 5.69. The van der Waals surface area contributed by atoms with Gasteiger partial charge in [-0.2, -0.15) is 0 Å². The minimum absolute atomic E-state index is 0.00977. The van der Waals surface area contributed by atoms with Crippen molar-refractivity contribution in [3.63, 3.8) is 0 Å². The number of Topliss-reactive ketones (excluding diaryl/α,β-unsaturated/α-hetero) is 1. The number of carbonyl (C=O) groups is 2. The van der Waals surface area contributed by atoms with Gasteiger partial charge < -0.3 is 24.2 Å². The van der Waals surface area contributed by atoms with Gasteiger partial charge >= 0.3 is 0 Å². The maximum Gasteiger partial charge on any atom is 0.295 e. The fourth-order valence-electron chi connectivity index (χ4n) is 4.40. The molecule has 38 heavy (non-hydrogen) atoms. The summed E-state index contributed by atoms with van der Waals surface area (Å²) in [5.74, 6) is -0.752. The second-order valence-corrected chi connectivity index (χ2v) is 9.25. The number of hydrogen-bond donors (Lipinski definition) is 1. The number of aliphatic hydroxyl groups excluding tert-OH is 1. The topological polar surface area (TPSA) is 85.3 Å². The number of ketones is 1. The first-order chi connectivity index (χ1) is 18.3. The first-order valence-corrected chi connectivity index (χ1v) is 12.7. The summed E-state index contributed by atoms with van der Waals surface area (Å²) >= 11 is 6.21. The Morgan fingerprint density at radius 3 is 2.45 bits per heavy atom. The Morgan fingerprint density at radius 1 is 1.03 bits per heavy atom. The molecule has 7 nitrogen and oxygen atoms in total. The minimum atomic E-state index is -0.804. The lowest BCUT2D eigenvalue weighted by Crippen LogP contribution is -2.32. The molecule has 3 aromatic carbocycles. The molecule has 0 saturated carbocycles. The second kappa shape index (κ2) is 12.2. The van der Waals surface area contributed by atoms with Crippen molar-refractivity contribution in [1.82, 2.24) is 4.90 Å². The van der Waals surface area contributed by atoms with Crippen LogP contribution in [-0.2, 0) is 20.9 Å². The first-order valence-electron chi connectivity index (χ1n) is 12.3. The van der Waals surface area contributed by atoms with Gasteiger partial charge in [-0.05, 0) is 60.9 Å². The lowest BCUT2D eigenvalue weighted by atomic mass is 9.95. The number of halogens is 1. The van der Waals surface area contributed by atoms with E-state index in [1.54, 1.807) is 42.5 Å². The van der Waals surface area contributed by atoms with Crippen LogP contribution in [0.4, 0.5) is 0 Å². The molecule has 0 aliphatic carbocycles. The molecule has 1 N–H and O–H groups in total. The molecular formula is C30H30ClNO6. The maximum atomic E-state index is 13.2. The molecule has 1 atom stereocenters. The van der Waals surface area contributed by atoms with Crippen LogP contribution in [0.2, 0.25) is 5.02 Å². The Bertz CT molecular complexity index is 1350. The molecule has 0 bridgehead atoms. The van der Waals surface area contributed by atoms with Crippen LogP contribution in [0, 0.1) is 6.92 Å². The SMILES string of the molecule is CCOc1cc(/C(O)=C2/C(=O)C(=O)N(CCOC)C2c2ccc(OCc3ccccc3C)cc2)ccc1Cl. The van der Waals surface area contributed by atoms with Crippen molar-refractivity contribution >= 4 is 29.1 Å². The van der Waals surface area contributed by atoms with E-state index in [4.69, 9.17) is 25.8 Å². The van der Waals surface area contributed by atoms with Crippen LogP contribution in [0.25, 0.3) is 5.76 Å². The number of carbonyl (C=O) groups excluding carboxylic acids is 2. The fraction of sp³-hybridized carbons (Fsp3) is 0.267. The third kappa shape index (κ3) is 5.69. The number of aliphatic hydroxyl groups is 1. The van der Waals surface area contributed by atoms with Gasteiger partial charge in [0.2, 0.25) is 0 Å². The van der Waals surface area contributed by atoms with E-state index in [1.165, 1.54) is 12.0 Å². The monoisotopic (exact) mass is 535 g/mol. The molecular weight excluding hydrogens is 506 g/mol. The van der Waals surface area contributed by atoms with E-state index in [-0.39, 0.29) is 24.5 Å². The molecule has 8 heteroatoms. The Morgan fingerprint density at radius 2 is 1.76 bits per heavy atom. The lowest BCUT2D eigenvalue weighted by Gasteiger charge is -2.25. The predicted molar refractivity (Wildman–Crippen MR) is 145 cm³/mol. The van der Waals surface area contributed by atoms with Crippen molar-refractivity contribution in [2.75, 3.05) is 26.9 Å². The number of methoxy groups -OCH3 is 1. The largest absolute Gasteiger partial charge is 0.507 e. The first kappa shape index (κ1) is 27.2. The molecule has 198 valence electrons. The fourth-order valence-corrected chi connectivity index (χ4v) is 4.57. The van der Waals surface area contributed by atoms with E-state index >= 15 is 0 Å². The average Bonchev–Trinajstić information content (AvgIpc) is 3.17. The van der Waals surface area contributed by atoms with Gasteiger partial charge in [0.15, 0.2) is 0 Å². The number of aryl methyl sites for hydroxylation is 1. The van der Waals surface area contributed by atoms with Crippen LogP contribution in [0.15, 0.2) is 72.3 Å². The van der Waals surface area contributed by atoms with Gasteiger partial charge in [0.1, 0.15) is 23.9 Å². The van der Waals surface area contributed by atoms with Crippen molar-refractivity contribution in [3.05, 3.63) is 99.6 Å². The van der Waals surface area contributed by atoms with Crippen LogP contribution >= 0.6 is 11.6 Å². The van der Waals surface area contributed by atoms with E-state index in [0.717, 1.165) is 11.1 Å². The van der Waals surface area contributed by atoms with Crippen LogP contribution in [0.3, 0.4) is 0 Å². The Hall–Kier alpha value is -3.81. The molecule has 1 fully saturated rings. The van der Waals surface area contributed by atoms with Gasteiger partial charge in [-0.15, -0.1) is 0 Å². The average molecular weight is 536 g/mol. The van der Waals surface area contributed by atoms with Crippen molar-refractivity contribution in [3.8, 4) is 11.5 Å². The number of nitrogens with zero attached hydrogens (tertiary/aromatic N) is 1. The molecule has 0 aromatic heterocycles. The van der Waals surface area contributed by atoms with Gasteiger partial charge in [0, 0.05) is 19.2 Å². The number of ether oxygens (including phenoxy) is 3. The van der Waals surface area contributed by atoms with Crippen LogP contribution in [0.1, 0.15) is 35.2 Å². The summed E-state index contributed by atoms with van der Waals surface area (Å²) in [5.41, 5.74) is 3.19. The second-order valence-electron chi connectivity index (χ2n) is 8.85. The van der Waals surface area contributed by atoms with Crippen molar-refractivity contribution in [1.29, 1.82) is 0 Å². The van der Waals surface area contributed by atoms with Crippen LogP contribution in [-0.4, -0.2) is 48.6 Å². The summed E-state index contributed by atoms with van der Waals surface area (Å²) in [6, 6.07) is 19.1. The third-order valence-corrected chi connectivity index (χ3v) is 6.74.